The van der Waals surface area contributed by atoms with Crippen molar-refractivity contribution in [1.82, 2.24) is 20.7 Å². The molecule has 2 heterocycles. The molecule has 108 valence electrons. The van der Waals surface area contributed by atoms with Crippen LogP contribution in [0.4, 0.5) is 5.69 Å². The fourth-order valence-electron chi connectivity index (χ4n) is 2.21. The third kappa shape index (κ3) is 2.33. The normalized spacial score (nSPS) is 11.0. The molecular weight excluding hydrogens is 270 g/mol. The average molecular weight is 285 g/mol. The summed E-state index contributed by atoms with van der Waals surface area (Å²) in [5.74, 6) is 0.427. The van der Waals surface area contributed by atoms with E-state index in [4.69, 9.17) is 10.3 Å². The predicted molar refractivity (Wildman–Crippen MR) is 77.7 cm³/mol. The lowest BCUT2D eigenvalue weighted by atomic mass is 10.1. The molecule has 1 aromatic carbocycles. The number of rotatable bonds is 3. The Balaban J connectivity index is 1.83. The van der Waals surface area contributed by atoms with Crippen molar-refractivity contribution in [2.75, 3.05) is 5.73 Å². The third-order valence-corrected chi connectivity index (χ3v) is 3.41. The lowest BCUT2D eigenvalue weighted by molar-refractivity contribution is 0.0947. The molecule has 0 saturated carbocycles. The first kappa shape index (κ1) is 13.2. The minimum absolute atomic E-state index is 0.271. The molecule has 0 bridgehead atoms. The first-order valence-corrected chi connectivity index (χ1v) is 6.50. The summed E-state index contributed by atoms with van der Waals surface area (Å²) >= 11 is 0. The van der Waals surface area contributed by atoms with Gasteiger partial charge in [0.05, 0.1) is 11.2 Å². The van der Waals surface area contributed by atoms with Gasteiger partial charge in [0.2, 0.25) is 0 Å². The predicted octanol–water partition coefficient (Wildman–Crippen LogP) is 1.68. The molecular formula is C14H15N5O2. The second-order valence-electron chi connectivity index (χ2n) is 4.86. The number of aromatic nitrogens is 3. The Labute approximate surface area is 120 Å². The highest BCUT2D eigenvalue weighted by molar-refractivity contribution is 6.05. The van der Waals surface area contributed by atoms with Crippen molar-refractivity contribution in [2.45, 2.75) is 20.4 Å². The lowest BCUT2D eigenvalue weighted by Gasteiger charge is -2.03. The maximum atomic E-state index is 12.3. The summed E-state index contributed by atoms with van der Waals surface area (Å²) in [6, 6.07) is 5.28. The van der Waals surface area contributed by atoms with Crippen molar-refractivity contribution in [3.8, 4) is 0 Å². The number of nitrogen functional groups attached to an aromatic ring is 1. The van der Waals surface area contributed by atoms with Crippen LogP contribution in [0.25, 0.3) is 10.9 Å². The van der Waals surface area contributed by atoms with Gasteiger partial charge in [-0.15, -0.1) is 0 Å². The molecule has 0 atom stereocenters. The number of anilines is 1. The Bertz CT molecular complexity index is 798. The molecule has 0 aliphatic heterocycles. The molecule has 0 spiro atoms. The SMILES string of the molecule is Cc1noc(C)c1CNC(=O)c1n[nH]c2ccc(N)cc12. The van der Waals surface area contributed by atoms with E-state index in [9.17, 15) is 4.79 Å². The number of H-pyrrole nitrogens is 1. The quantitative estimate of drug-likeness (QED) is 0.634. The minimum Gasteiger partial charge on any atom is -0.399 e. The Morgan fingerprint density at radius 1 is 1.43 bits per heavy atom. The summed E-state index contributed by atoms with van der Waals surface area (Å²) in [6.07, 6.45) is 0. The Kier molecular flexibility index (Phi) is 3.09. The van der Waals surface area contributed by atoms with E-state index in [-0.39, 0.29) is 5.91 Å². The van der Waals surface area contributed by atoms with Crippen LogP contribution in [0.2, 0.25) is 0 Å². The maximum Gasteiger partial charge on any atom is 0.272 e. The van der Waals surface area contributed by atoms with Gasteiger partial charge in [-0.2, -0.15) is 5.10 Å². The van der Waals surface area contributed by atoms with Gasteiger partial charge < -0.3 is 15.6 Å². The molecule has 4 N–H and O–H groups in total. The van der Waals surface area contributed by atoms with Gasteiger partial charge in [-0.3, -0.25) is 9.89 Å². The maximum absolute atomic E-state index is 12.3. The fraction of sp³-hybridized carbons (Fsp3) is 0.214. The van der Waals surface area contributed by atoms with E-state index in [1.165, 1.54) is 0 Å². The molecule has 0 radical (unpaired) electrons. The molecule has 0 aliphatic carbocycles. The smallest absolute Gasteiger partial charge is 0.272 e. The van der Waals surface area contributed by atoms with Crippen molar-refractivity contribution in [2.24, 2.45) is 0 Å². The van der Waals surface area contributed by atoms with E-state index >= 15 is 0 Å². The molecule has 7 nitrogen and oxygen atoms in total. The second-order valence-corrected chi connectivity index (χ2v) is 4.86. The number of nitrogens with two attached hydrogens (primary N) is 1. The van der Waals surface area contributed by atoms with Crippen molar-refractivity contribution in [3.05, 3.63) is 40.9 Å². The highest BCUT2D eigenvalue weighted by Crippen LogP contribution is 2.19. The molecule has 3 aromatic rings. The number of aryl methyl sites for hydroxylation is 2. The van der Waals surface area contributed by atoms with Crippen molar-refractivity contribution in [3.63, 3.8) is 0 Å². The van der Waals surface area contributed by atoms with Crippen LogP contribution < -0.4 is 11.1 Å². The highest BCUT2D eigenvalue weighted by atomic mass is 16.5. The van der Waals surface area contributed by atoms with Gasteiger partial charge >= 0.3 is 0 Å². The van der Waals surface area contributed by atoms with Gasteiger partial charge in [0, 0.05) is 23.2 Å². The molecule has 1 amide bonds. The van der Waals surface area contributed by atoms with E-state index in [1.54, 1.807) is 18.2 Å². The molecule has 0 aliphatic rings. The number of aromatic amines is 1. The van der Waals surface area contributed by atoms with E-state index in [2.05, 4.69) is 20.7 Å². The average Bonchev–Trinajstić information content (AvgIpc) is 3.00. The first-order chi connectivity index (χ1) is 10.1. The molecule has 0 fully saturated rings. The van der Waals surface area contributed by atoms with Gasteiger partial charge in [-0.1, -0.05) is 5.16 Å². The molecule has 0 unspecified atom stereocenters. The van der Waals surface area contributed by atoms with Crippen LogP contribution >= 0.6 is 0 Å². The lowest BCUT2D eigenvalue weighted by Crippen LogP contribution is -2.23. The highest BCUT2D eigenvalue weighted by Gasteiger charge is 2.16. The van der Waals surface area contributed by atoms with E-state index in [0.29, 0.717) is 29.1 Å². The summed E-state index contributed by atoms with van der Waals surface area (Å²) in [7, 11) is 0. The van der Waals surface area contributed by atoms with Crippen LogP contribution in [-0.2, 0) is 6.54 Å². The zero-order chi connectivity index (χ0) is 15.0. The number of fused-ring (bicyclic) bond motifs is 1. The summed E-state index contributed by atoms with van der Waals surface area (Å²) in [4.78, 5) is 12.3. The topological polar surface area (TPSA) is 110 Å². The number of hydrogen-bond acceptors (Lipinski definition) is 5. The van der Waals surface area contributed by atoms with Crippen molar-refractivity contribution < 1.29 is 9.32 Å². The monoisotopic (exact) mass is 285 g/mol. The number of nitrogens with one attached hydrogen (secondary N) is 2. The van der Waals surface area contributed by atoms with Crippen molar-refractivity contribution >= 4 is 22.5 Å². The van der Waals surface area contributed by atoms with E-state index < -0.39 is 0 Å². The summed E-state index contributed by atoms with van der Waals surface area (Å²) in [6.45, 7) is 3.99. The number of carbonyl (C=O) groups excluding carboxylic acids is 1. The number of carbonyl (C=O) groups is 1. The van der Waals surface area contributed by atoms with Crippen LogP contribution in [0.1, 0.15) is 27.5 Å². The van der Waals surface area contributed by atoms with Crippen LogP contribution in [0, 0.1) is 13.8 Å². The fourth-order valence-corrected chi connectivity index (χ4v) is 2.21. The molecule has 7 heteroatoms. The molecule has 3 rings (SSSR count). The van der Waals surface area contributed by atoms with Gasteiger partial charge in [-0.05, 0) is 32.0 Å². The van der Waals surface area contributed by atoms with Crippen LogP contribution in [0.15, 0.2) is 22.7 Å². The zero-order valence-electron chi connectivity index (χ0n) is 11.7. The Hall–Kier alpha value is -2.83. The summed E-state index contributed by atoms with van der Waals surface area (Å²) in [5, 5.41) is 14.2. The number of hydrogen-bond donors (Lipinski definition) is 3. The van der Waals surface area contributed by atoms with Crippen LogP contribution in [-0.4, -0.2) is 21.3 Å². The summed E-state index contributed by atoms with van der Waals surface area (Å²) in [5.41, 5.74) is 9.07. The van der Waals surface area contributed by atoms with Crippen LogP contribution in [0.5, 0.6) is 0 Å². The Morgan fingerprint density at radius 3 is 2.95 bits per heavy atom. The van der Waals surface area contributed by atoms with Gasteiger partial charge in [-0.25, -0.2) is 0 Å². The number of nitrogens with zero attached hydrogens (tertiary/aromatic N) is 2. The number of amides is 1. The molecule has 2 aromatic heterocycles. The standard InChI is InChI=1S/C14H15N5O2/c1-7-11(8(2)21-19-7)6-16-14(20)13-10-5-9(15)3-4-12(10)17-18-13/h3-5H,6,15H2,1-2H3,(H,16,20)(H,17,18). The largest absolute Gasteiger partial charge is 0.399 e. The summed E-state index contributed by atoms with van der Waals surface area (Å²) < 4.78 is 5.06. The molecule has 21 heavy (non-hydrogen) atoms. The van der Waals surface area contributed by atoms with E-state index in [0.717, 1.165) is 16.8 Å². The van der Waals surface area contributed by atoms with Crippen LogP contribution in [0.3, 0.4) is 0 Å². The van der Waals surface area contributed by atoms with Gasteiger partial charge in [0.15, 0.2) is 5.69 Å². The first-order valence-electron chi connectivity index (χ1n) is 6.50. The second kappa shape index (κ2) is 4.93. The van der Waals surface area contributed by atoms with E-state index in [1.807, 2.05) is 13.8 Å². The van der Waals surface area contributed by atoms with Gasteiger partial charge in [0.25, 0.3) is 5.91 Å². The zero-order valence-corrected chi connectivity index (χ0v) is 11.7. The number of benzene rings is 1. The third-order valence-electron chi connectivity index (χ3n) is 3.41. The minimum atomic E-state index is -0.271. The van der Waals surface area contributed by atoms with Crippen molar-refractivity contribution in [1.29, 1.82) is 0 Å². The van der Waals surface area contributed by atoms with Gasteiger partial charge in [0.1, 0.15) is 5.76 Å². The molecule has 0 saturated heterocycles. The Morgan fingerprint density at radius 2 is 2.24 bits per heavy atom.